The SMILES string of the molecule is CCS(=O)(=O)CCNC(=O)c1cccnc1SCC(=O)Nc1ccc2c(c1)OCO2. The van der Waals surface area contributed by atoms with Crippen molar-refractivity contribution in [1.82, 2.24) is 10.3 Å². The number of carbonyl (C=O) groups is 2. The first-order valence-electron chi connectivity index (χ1n) is 9.14. The molecule has 2 aromatic rings. The van der Waals surface area contributed by atoms with Crippen molar-refractivity contribution in [2.75, 3.05) is 35.9 Å². The first-order valence-corrected chi connectivity index (χ1v) is 11.9. The van der Waals surface area contributed by atoms with Gasteiger partial charge in [0, 0.05) is 30.2 Å². The summed E-state index contributed by atoms with van der Waals surface area (Å²) < 4.78 is 33.6. The number of amides is 2. The van der Waals surface area contributed by atoms with Crippen molar-refractivity contribution < 1.29 is 27.5 Å². The summed E-state index contributed by atoms with van der Waals surface area (Å²) in [4.78, 5) is 28.8. The van der Waals surface area contributed by atoms with Crippen LogP contribution in [-0.2, 0) is 14.6 Å². The zero-order valence-electron chi connectivity index (χ0n) is 16.2. The summed E-state index contributed by atoms with van der Waals surface area (Å²) in [7, 11) is -3.17. The van der Waals surface area contributed by atoms with Crippen LogP contribution in [0, 0.1) is 0 Å². The van der Waals surface area contributed by atoms with E-state index in [2.05, 4.69) is 15.6 Å². The van der Waals surface area contributed by atoms with Crippen LogP contribution < -0.4 is 20.1 Å². The highest BCUT2D eigenvalue weighted by Crippen LogP contribution is 2.34. The van der Waals surface area contributed by atoms with Gasteiger partial charge in [0.15, 0.2) is 21.3 Å². The Morgan fingerprint density at radius 3 is 2.80 bits per heavy atom. The van der Waals surface area contributed by atoms with Gasteiger partial charge >= 0.3 is 0 Å². The molecule has 1 aliphatic heterocycles. The maximum atomic E-state index is 12.4. The average Bonchev–Trinajstić information content (AvgIpc) is 3.20. The van der Waals surface area contributed by atoms with Gasteiger partial charge in [0.2, 0.25) is 12.7 Å². The van der Waals surface area contributed by atoms with E-state index in [1.54, 1.807) is 37.3 Å². The minimum Gasteiger partial charge on any atom is -0.454 e. The number of hydrogen-bond donors (Lipinski definition) is 2. The van der Waals surface area contributed by atoms with Crippen molar-refractivity contribution in [3.63, 3.8) is 0 Å². The van der Waals surface area contributed by atoms with Crippen LogP contribution in [0.5, 0.6) is 11.5 Å². The molecule has 0 bridgehead atoms. The lowest BCUT2D eigenvalue weighted by molar-refractivity contribution is -0.113. The molecule has 2 heterocycles. The predicted molar refractivity (Wildman–Crippen MR) is 113 cm³/mol. The summed E-state index contributed by atoms with van der Waals surface area (Å²) in [6.45, 7) is 1.72. The number of thioether (sulfide) groups is 1. The monoisotopic (exact) mass is 451 g/mol. The molecule has 0 fully saturated rings. The second kappa shape index (κ2) is 9.81. The molecule has 1 aromatic carbocycles. The first-order chi connectivity index (χ1) is 14.4. The summed E-state index contributed by atoms with van der Waals surface area (Å²) in [6.07, 6.45) is 1.52. The topological polar surface area (TPSA) is 124 Å². The molecule has 0 spiro atoms. The van der Waals surface area contributed by atoms with Crippen molar-refractivity contribution in [2.45, 2.75) is 11.9 Å². The standard InChI is InChI=1S/C19H21N3O6S2/c1-2-30(25,26)9-8-20-18(24)14-4-3-7-21-19(14)29-11-17(23)22-13-5-6-15-16(10-13)28-12-27-15/h3-7,10H,2,8-9,11-12H2,1H3,(H,20,24)(H,22,23). The maximum Gasteiger partial charge on any atom is 0.254 e. The quantitative estimate of drug-likeness (QED) is 0.552. The van der Waals surface area contributed by atoms with Gasteiger partial charge in [0.1, 0.15) is 5.03 Å². The second-order valence-corrected chi connectivity index (χ2v) is 9.69. The molecule has 11 heteroatoms. The number of nitrogens with one attached hydrogen (secondary N) is 2. The van der Waals surface area contributed by atoms with Crippen LogP contribution in [-0.4, -0.2) is 55.8 Å². The van der Waals surface area contributed by atoms with Gasteiger partial charge in [-0.25, -0.2) is 13.4 Å². The summed E-state index contributed by atoms with van der Waals surface area (Å²) in [5.41, 5.74) is 0.855. The third-order valence-electron chi connectivity index (χ3n) is 4.15. The fraction of sp³-hybridized carbons (Fsp3) is 0.316. The largest absolute Gasteiger partial charge is 0.454 e. The minimum absolute atomic E-state index is 0.0125. The Kier molecular flexibility index (Phi) is 7.16. The van der Waals surface area contributed by atoms with Crippen LogP contribution in [0.2, 0.25) is 0 Å². The fourth-order valence-electron chi connectivity index (χ4n) is 2.54. The highest BCUT2D eigenvalue weighted by Gasteiger charge is 2.17. The normalized spacial score (nSPS) is 12.4. The molecule has 1 aliphatic rings. The fourth-order valence-corrected chi connectivity index (χ4v) is 4.04. The lowest BCUT2D eigenvalue weighted by Crippen LogP contribution is -2.30. The van der Waals surface area contributed by atoms with Gasteiger partial charge in [-0.3, -0.25) is 9.59 Å². The molecule has 0 radical (unpaired) electrons. The van der Waals surface area contributed by atoms with Crippen LogP contribution in [0.3, 0.4) is 0 Å². The van der Waals surface area contributed by atoms with E-state index in [0.29, 0.717) is 22.2 Å². The van der Waals surface area contributed by atoms with E-state index in [1.807, 2.05) is 0 Å². The Morgan fingerprint density at radius 1 is 1.20 bits per heavy atom. The molecule has 3 rings (SSSR count). The molecule has 0 unspecified atom stereocenters. The third kappa shape index (κ3) is 5.86. The summed E-state index contributed by atoms with van der Waals surface area (Å²) in [5, 5.41) is 5.72. The van der Waals surface area contributed by atoms with E-state index in [-0.39, 0.29) is 42.1 Å². The molecule has 0 aliphatic carbocycles. The van der Waals surface area contributed by atoms with Crippen molar-refractivity contribution in [2.24, 2.45) is 0 Å². The number of sulfone groups is 1. The Morgan fingerprint density at radius 2 is 2.00 bits per heavy atom. The molecule has 30 heavy (non-hydrogen) atoms. The number of benzene rings is 1. The van der Waals surface area contributed by atoms with Gasteiger partial charge in [0.05, 0.1) is 17.1 Å². The number of anilines is 1. The Balaban J connectivity index is 1.55. The maximum absolute atomic E-state index is 12.4. The van der Waals surface area contributed by atoms with Gasteiger partial charge in [-0.05, 0) is 24.3 Å². The lowest BCUT2D eigenvalue weighted by Gasteiger charge is -2.10. The summed E-state index contributed by atoms with van der Waals surface area (Å²) in [5.74, 6) is 0.409. The second-order valence-electron chi connectivity index (χ2n) is 6.25. The van der Waals surface area contributed by atoms with Crippen LogP contribution in [0.15, 0.2) is 41.6 Å². The molecular weight excluding hydrogens is 430 g/mol. The van der Waals surface area contributed by atoms with E-state index in [1.165, 1.54) is 6.20 Å². The smallest absolute Gasteiger partial charge is 0.254 e. The van der Waals surface area contributed by atoms with Crippen LogP contribution in [0.25, 0.3) is 0 Å². The molecule has 160 valence electrons. The molecule has 0 saturated carbocycles. The summed E-state index contributed by atoms with van der Waals surface area (Å²) in [6, 6.07) is 8.28. The molecule has 9 nitrogen and oxygen atoms in total. The molecule has 1 aromatic heterocycles. The molecular formula is C19H21N3O6S2. The first kappa shape index (κ1) is 21.9. The van der Waals surface area contributed by atoms with E-state index < -0.39 is 15.7 Å². The Labute approximate surface area is 178 Å². The average molecular weight is 452 g/mol. The molecule has 0 atom stereocenters. The van der Waals surface area contributed by atoms with Gasteiger partial charge in [-0.15, -0.1) is 0 Å². The number of carbonyl (C=O) groups excluding carboxylic acids is 2. The van der Waals surface area contributed by atoms with Crippen molar-refractivity contribution in [3.8, 4) is 11.5 Å². The molecule has 2 N–H and O–H groups in total. The zero-order chi connectivity index (χ0) is 21.6. The number of aromatic nitrogens is 1. The van der Waals surface area contributed by atoms with E-state index in [9.17, 15) is 18.0 Å². The third-order valence-corrected chi connectivity index (χ3v) is 6.86. The van der Waals surface area contributed by atoms with E-state index in [4.69, 9.17) is 9.47 Å². The number of nitrogens with zero attached hydrogens (tertiary/aromatic N) is 1. The summed E-state index contributed by atoms with van der Waals surface area (Å²) >= 11 is 1.11. The minimum atomic E-state index is -3.17. The van der Waals surface area contributed by atoms with Gasteiger partial charge in [-0.2, -0.15) is 0 Å². The van der Waals surface area contributed by atoms with Crippen LogP contribution in [0.1, 0.15) is 17.3 Å². The Bertz CT molecular complexity index is 1040. The van der Waals surface area contributed by atoms with Crippen molar-refractivity contribution >= 4 is 39.1 Å². The number of hydrogen-bond acceptors (Lipinski definition) is 8. The van der Waals surface area contributed by atoms with Crippen molar-refractivity contribution in [3.05, 3.63) is 42.1 Å². The number of rotatable bonds is 9. The van der Waals surface area contributed by atoms with Gasteiger partial charge in [0.25, 0.3) is 5.91 Å². The Hall–Kier alpha value is -2.79. The molecule has 2 amide bonds. The number of pyridine rings is 1. The van der Waals surface area contributed by atoms with Crippen LogP contribution >= 0.6 is 11.8 Å². The number of fused-ring (bicyclic) bond motifs is 1. The van der Waals surface area contributed by atoms with Gasteiger partial charge < -0.3 is 20.1 Å². The molecule has 0 saturated heterocycles. The predicted octanol–water partition coefficient (Wildman–Crippen LogP) is 1.71. The highest BCUT2D eigenvalue weighted by molar-refractivity contribution is 8.00. The van der Waals surface area contributed by atoms with Crippen molar-refractivity contribution in [1.29, 1.82) is 0 Å². The van der Waals surface area contributed by atoms with Crippen LogP contribution in [0.4, 0.5) is 5.69 Å². The van der Waals surface area contributed by atoms with E-state index >= 15 is 0 Å². The lowest BCUT2D eigenvalue weighted by atomic mass is 10.3. The highest BCUT2D eigenvalue weighted by atomic mass is 32.2. The van der Waals surface area contributed by atoms with E-state index in [0.717, 1.165) is 11.8 Å². The van der Waals surface area contributed by atoms with Gasteiger partial charge in [-0.1, -0.05) is 18.7 Å². The number of ether oxygens (including phenoxy) is 2. The zero-order valence-corrected chi connectivity index (χ0v) is 17.8.